The molecule has 2 aromatic carbocycles. The van der Waals surface area contributed by atoms with Crippen molar-refractivity contribution in [2.24, 2.45) is 5.92 Å². The minimum atomic E-state index is -1.40. The van der Waals surface area contributed by atoms with Crippen LogP contribution in [0, 0.1) is 17.4 Å². The third-order valence-electron chi connectivity index (χ3n) is 5.54. The molecular weight excluding hydrogens is 354 g/mol. The minimum absolute atomic E-state index is 0.354. The molecule has 1 nitrogen and oxygen atoms in total. The molecule has 0 aromatic heterocycles. The summed E-state index contributed by atoms with van der Waals surface area (Å²) in [6, 6.07) is 22.2. The van der Waals surface area contributed by atoms with E-state index in [9.17, 15) is 0 Å². The van der Waals surface area contributed by atoms with Gasteiger partial charge in [-0.15, -0.1) is 5.54 Å². The summed E-state index contributed by atoms with van der Waals surface area (Å²) in [7, 11) is -1.40. The van der Waals surface area contributed by atoms with Gasteiger partial charge >= 0.3 is 0 Å². The van der Waals surface area contributed by atoms with Gasteiger partial charge in [-0.3, -0.25) is 4.90 Å². The smallest absolute Gasteiger partial charge is 0.129 e. The normalized spacial score (nSPS) is 16.4. The summed E-state index contributed by atoms with van der Waals surface area (Å²) in [5, 5.41) is 0. The lowest BCUT2D eigenvalue weighted by atomic mass is 9.83. The molecule has 3 rings (SSSR count). The maximum Gasteiger partial charge on any atom is 0.129 e. The summed E-state index contributed by atoms with van der Waals surface area (Å²) in [4.78, 5) is 2.65. The average Bonchev–Trinajstić information content (AvgIpc) is 2.69. The van der Waals surface area contributed by atoms with Crippen LogP contribution in [0.25, 0.3) is 0 Å². The first-order valence-electron chi connectivity index (χ1n) is 10.9. The van der Waals surface area contributed by atoms with E-state index in [1.54, 1.807) is 0 Å². The second-order valence-electron chi connectivity index (χ2n) is 9.24. The van der Waals surface area contributed by atoms with Crippen LogP contribution in [0.2, 0.25) is 19.6 Å². The molecule has 1 saturated carbocycles. The van der Waals surface area contributed by atoms with E-state index >= 15 is 0 Å². The SMILES string of the molecule is C[Si](C)(C)C#C[C@H](C1CCCCC1)N(Cc1ccccc1)Cc1ccccc1. The second kappa shape index (κ2) is 10.1. The molecule has 0 spiro atoms. The molecule has 2 aromatic rings. The maximum atomic E-state index is 3.81. The van der Waals surface area contributed by atoms with Gasteiger partial charge in [-0.2, -0.15) is 0 Å². The highest BCUT2D eigenvalue weighted by atomic mass is 28.3. The lowest BCUT2D eigenvalue weighted by molar-refractivity contribution is 0.141. The molecule has 0 N–H and O–H groups in total. The molecule has 28 heavy (non-hydrogen) atoms. The molecule has 1 aliphatic rings. The largest absolute Gasteiger partial charge is 0.281 e. The van der Waals surface area contributed by atoms with Crippen LogP contribution in [-0.4, -0.2) is 19.0 Å². The van der Waals surface area contributed by atoms with Gasteiger partial charge in [0.1, 0.15) is 8.07 Å². The van der Waals surface area contributed by atoms with Gasteiger partial charge in [-0.05, 0) is 29.9 Å². The number of rotatable bonds is 6. The molecule has 0 aliphatic heterocycles. The summed E-state index contributed by atoms with van der Waals surface area (Å²) in [5.41, 5.74) is 6.49. The molecule has 0 radical (unpaired) electrons. The quantitative estimate of drug-likeness (QED) is 0.401. The molecule has 148 valence electrons. The van der Waals surface area contributed by atoms with Gasteiger partial charge in [0.15, 0.2) is 0 Å². The van der Waals surface area contributed by atoms with Crippen LogP contribution >= 0.6 is 0 Å². The Bertz CT molecular complexity index is 719. The summed E-state index contributed by atoms with van der Waals surface area (Å²) in [6.45, 7) is 9.01. The minimum Gasteiger partial charge on any atom is -0.281 e. The maximum absolute atomic E-state index is 3.81. The number of nitrogens with zero attached hydrogens (tertiary/aromatic N) is 1. The Balaban J connectivity index is 1.91. The van der Waals surface area contributed by atoms with Crippen molar-refractivity contribution >= 4 is 8.07 Å². The molecule has 0 saturated heterocycles. The Kier molecular flexibility index (Phi) is 7.54. The van der Waals surface area contributed by atoms with Crippen molar-refractivity contribution in [2.75, 3.05) is 0 Å². The van der Waals surface area contributed by atoms with Crippen molar-refractivity contribution in [3.8, 4) is 11.5 Å². The Morgan fingerprint density at radius 3 is 1.79 bits per heavy atom. The standard InChI is InChI=1S/C26H35NSi/c1-28(2,3)20-19-26(25-17-11-6-12-18-25)27(21-23-13-7-4-8-14-23)22-24-15-9-5-10-16-24/h4-5,7-10,13-16,25-26H,6,11-12,17-18,21-22H2,1-3H3/t26-/m1/s1. The van der Waals surface area contributed by atoms with Gasteiger partial charge < -0.3 is 0 Å². The summed E-state index contributed by atoms with van der Waals surface area (Å²) < 4.78 is 0. The lowest BCUT2D eigenvalue weighted by Crippen LogP contribution is -2.40. The fraction of sp³-hybridized carbons (Fsp3) is 0.462. The molecule has 1 atom stereocenters. The zero-order valence-electron chi connectivity index (χ0n) is 17.8. The zero-order chi connectivity index (χ0) is 19.8. The highest BCUT2D eigenvalue weighted by molar-refractivity contribution is 6.83. The fourth-order valence-corrected chi connectivity index (χ4v) is 4.72. The highest BCUT2D eigenvalue weighted by Gasteiger charge is 2.28. The molecule has 1 aliphatic carbocycles. The van der Waals surface area contributed by atoms with E-state index in [0.717, 1.165) is 13.1 Å². The van der Waals surface area contributed by atoms with E-state index in [0.29, 0.717) is 12.0 Å². The van der Waals surface area contributed by atoms with Crippen molar-refractivity contribution in [1.29, 1.82) is 0 Å². The van der Waals surface area contributed by atoms with E-state index in [1.807, 2.05) is 0 Å². The molecular formula is C26H35NSi. The molecule has 0 amide bonds. The van der Waals surface area contributed by atoms with Crippen LogP contribution < -0.4 is 0 Å². The third kappa shape index (κ3) is 6.65. The molecule has 2 heteroatoms. The van der Waals surface area contributed by atoms with Gasteiger partial charge in [0.2, 0.25) is 0 Å². The van der Waals surface area contributed by atoms with Gasteiger partial charge in [0.05, 0.1) is 6.04 Å². The van der Waals surface area contributed by atoms with E-state index < -0.39 is 8.07 Å². The van der Waals surface area contributed by atoms with Crippen molar-refractivity contribution < 1.29 is 0 Å². The van der Waals surface area contributed by atoms with Gasteiger partial charge in [-0.25, -0.2) is 0 Å². The zero-order valence-corrected chi connectivity index (χ0v) is 18.8. The second-order valence-corrected chi connectivity index (χ2v) is 14.0. The lowest BCUT2D eigenvalue weighted by Gasteiger charge is -2.36. The van der Waals surface area contributed by atoms with Crippen molar-refractivity contribution in [2.45, 2.75) is 70.9 Å². The van der Waals surface area contributed by atoms with Gasteiger partial charge in [0.25, 0.3) is 0 Å². The van der Waals surface area contributed by atoms with Crippen LogP contribution in [-0.2, 0) is 13.1 Å². The first-order valence-corrected chi connectivity index (χ1v) is 14.4. The number of hydrogen-bond donors (Lipinski definition) is 0. The third-order valence-corrected chi connectivity index (χ3v) is 6.44. The Hall–Kier alpha value is -1.82. The van der Waals surface area contributed by atoms with E-state index in [-0.39, 0.29) is 0 Å². The molecule has 0 bridgehead atoms. The van der Waals surface area contributed by atoms with Crippen LogP contribution in [0.4, 0.5) is 0 Å². The number of hydrogen-bond acceptors (Lipinski definition) is 1. The van der Waals surface area contributed by atoms with Crippen LogP contribution in [0.3, 0.4) is 0 Å². The average molecular weight is 390 g/mol. The number of benzene rings is 2. The highest BCUT2D eigenvalue weighted by Crippen LogP contribution is 2.30. The van der Waals surface area contributed by atoms with Crippen molar-refractivity contribution in [3.05, 3.63) is 71.8 Å². The Labute approximate surface area is 173 Å². The van der Waals surface area contributed by atoms with E-state index in [1.165, 1.54) is 43.2 Å². The topological polar surface area (TPSA) is 3.24 Å². The summed E-state index contributed by atoms with van der Waals surface area (Å²) >= 11 is 0. The molecule has 0 heterocycles. The first kappa shape index (κ1) is 20.9. The van der Waals surface area contributed by atoms with Crippen LogP contribution in [0.1, 0.15) is 43.2 Å². The molecule has 1 fully saturated rings. The fourth-order valence-electron chi connectivity index (χ4n) is 4.14. The van der Waals surface area contributed by atoms with Gasteiger partial charge in [-0.1, -0.05) is 105 Å². The van der Waals surface area contributed by atoms with E-state index in [4.69, 9.17) is 0 Å². The molecule has 0 unspecified atom stereocenters. The predicted molar refractivity (Wildman–Crippen MR) is 124 cm³/mol. The van der Waals surface area contributed by atoms with Crippen molar-refractivity contribution in [3.63, 3.8) is 0 Å². The first-order chi connectivity index (χ1) is 13.5. The Morgan fingerprint density at radius 2 is 1.32 bits per heavy atom. The monoisotopic (exact) mass is 389 g/mol. The summed E-state index contributed by atoms with van der Waals surface area (Å²) in [6.07, 6.45) is 6.76. The van der Waals surface area contributed by atoms with Crippen LogP contribution in [0.5, 0.6) is 0 Å². The van der Waals surface area contributed by atoms with Crippen molar-refractivity contribution in [1.82, 2.24) is 4.90 Å². The van der Waals surface area contributed by atoms with Gasteiger partial charge in [0, 0.05) is 13.1 Å². The van der Waals surface area contributed by atoms with Crippen LogP contribution in [0.15, 0.2) is 60.7 Å². The van der Waals surface area contributed by atoms with E-state index in [2.05, 4.69) is 96.7 Å². The Morgan fingerprint density at radius 1 is 0.821 bits per heavy atom. The summed E-state index contributed by atoms with van der Waals surface area (Å²) in [5.74, 6) is 4.51. The predicted octanol–water partition coefficient (Wildman–Crippen LogP) is 6.52.